The minimum Gasteiger partial charge on any atom is -0.491 e. The Morgan fingerprint density at radius 1 is 1.53 bits per heavy atom. The Bertz CT molecular complexity index is 424. The summed E-state index contributed by atoms with van der Waals surface area (Å²) in [6.07, 6.45) is 0.311. The first-order valence-electron chi connectivity index (χ1n) is 5.76. The number of para-hydroxylation sites is 1. The van der Waals surface area contributed by atoms with Crippen molar-refractivity contribution in [2.24, 2.45) is 5.73 Å². The molecule has 0 spiro atoms. The summed E-state index contributed by atoms with van der Waals surface area (Å²) in [6, 6.07) is 7.70. The van der Waals surface area contributed by atoms with Gasteiger partial charge in [0.2, 0.25) is 5.91 Å². The first kappa shape index (κ1) is 11.9. The molecule has 4 heteroatoms. The van der Waals surface area contributed by atoms with Gasteiger partial charge in [-0.15, -0.1) is 0 Å². The summed E-state index contributed by atoms with van der Waals surface area (Å²) in [5.74, 6) is 0.813. The second-order valence-electron chi connectivity index (χ2n) is 5.13. The Morgan fingerprint density at radius 3 is 2.94 bits per heavy atom. The normalized spacial score (nSPS) is 18.4. The molecule has 1 aromatic carbocycles. The number of carbonyl (C=O) groups is 1. The molecule has 1 unspecified atom stereocenters. The van der Waals surface area contributed by atoms with E-state index in [9.17, 15) is 4.79 Å². The Hall–Kier alpha value is -1.55. The lowest BCUT2D eigenvalue weighted by atomic mass is 10.0. The number of hydrogen-bond donors (Lipinski definition) is 2. The van der Waals surface area contributed by atoms with E-state index in [1.165, 1.54) is 0 Å². The third kappa shape index (κ3) is 2.97. The Kier molecular flexibility index (Phi) is 3.07. The number of rotatable bonds is 3. The van der Waals surface area contributed by atoms with Crippen molar-refractivity contribution in [1.82, 2.24) is 5.32 Å². The van der Waals surface area contributed by atoms with Gasteiger partial charge in [0, 0.05) is 17.5 Å². The van der Waals surface area contributed by atoms with Crippen molar-refractivity contribution >= 4 is 5.91 Å². The van der Waals surface area contributed by atoms with E-state index in [4.69, 9.17) is 10.5 Å². The molecular formula is C13H18N2O2. The van der Waals surface area contributed by atoms with Gasteiger partial charge >= 0.3 is 0 Å². The summed E-state index contributed by atoms with van der Waals surface area (Å²) in [4.78, 5) is 11.8. The van der Waals surface area contributed by atoms with Gasteiger partial charge < -0.3 is 15.8 Å². The second-order valence-corrected chi connectivity index (χ2v) is 5.13. The van der Waals surface area contributed by atoms with E-state index in [-0.39, 0.29) is 11.9 Å². The van der Waals surface area contributed by atoms with Gasteiger partial charge in [0.1, 0.15) is 12.4 Å². The summed E-state index contributed by atoms with van der Waals surface area (Å²) < 4.78 is 5.50. The Morgan fingerprint density at radius 2 is 2.24 bits per heavy atom. The molecule has 1 heterocycles. The average Bonchev–Trinajstić information content (AvgIpc) is 2.59. The van der Waals surface area contributed by atoms with Gasteiger partial charge in [0.05, 0.1) is 6.04 Å². The number of fused-ring (bicyclic) bond motifs is 1. The smallest absolute Gasteiger partial charge is 0.222 e. The first-order chi connectivity index (χ1) is 7.96. The van der Waals surface area contributed by atoms with E-state index in [1.807, 2.05) is 38.1 Å². The number of ether oxygens (including phenoxy) is 1. The highest BCUT2D eigenvalue weighted by Gasteiger charge is 2.26. The zero-order valence-corrected chi connectivity index (χ0v) is 10.2. The maximum absolute atomic E-state index is 11.8. The first-order valence-corrected chi connectivity index (χ1v) is 5.76. The molecular weight excluding hydrogens is 216 g/mol. The van der Waals surface area contributed by atoms with Gasteiger partial charge in [-0.3, -0.25) is 4.79 Å². The summed E-state index contributed by atoms with van der Waals surface area (Å²) in [7, 11) is 0. The minimum atomic E-state index is -0.483. The molecule has 0 bridgehead atoms. The fourth-order valence-corrected chi connectivity index (χ4v) is 1.94. The Labute approximate surface area is 101 Å². The molecule has 92 valence electrons. The van der Waals surface area contributed by atoms with Crippen molar-refractivity contribution < 1.29 is 9.53 Å². The van der Waals surface area contributed by atoms with Crippen molar-refractivity contribution in [3.05, 3.63) is 29.8 Å². The molecule has 4 nitrogen and oxygen atoms in total. The minimum absolute atomic E-state index is 0.0391. The van der Waals surface area contributed by atoms with E-state index < -0.39 is 5.54 Å². The zero-order chi connectivity index (χ0) is 12.5. The third-order valence-corrected chi connectivity index (χ3v) is 2.65. The van der Waals surface area contributed by atoms with E-state index in [2.05, 4.69) is 5.32 Å². The number of amides is 1. The van der Waals surface area contributed by atoms with Gasteiger partial charge in [0.25, 0.3) is 0 Å². The second kappa shape index (κ2) is 4.37. The molecule has 17 heavy (non-hydrogen) atoms. The number of nitrogens with two attached hydrogens (primary N) is 1. The largest absolute Gasteiger partial charge is 0.491 e. The van der Waals surface area contributed by atoms with Crippen molar-refractivity contribution in [1.29, 1.82) is 0 Å². The van der Waals surface area contributed by atoms with Crippen LogP contribution in [0.2, 0.25) is 0 Å². The number of hydrogen-bond acceptors (Lipinski definition) is 3. The quantitative estimate of drug-likeness (QED) is 0.830. The fraction of sp³-hybridized carbons (Fsp3) is 0.462. The SMILES string of the molecule is CC(C)(N)CC(=O)NC1COc2ccccc21. The van der Waals surface area contributed by atoms with Crippen molar-refractivity contribution in [3.63, 3.8) is 0 Å². The van der Waals surface area contributed by atoms with Crippen LogP contribution in [0.15, 0.2) is 24.3 Å². The van der Waals surface area contributed by atoms with Crippen molar-refractivity contribution in [3.8, 4) is 5.75 Å². The topological polar surface area (TPSA) is 64.4 Å². The number of nitrogens with one attached hydrogen (secondary N) is 1. The predicted octanol–water partition coefficient (Wildman–Crippen LogP) is 1.36. The molecule has 0 fully saturated rings. The van der Waals surface area contributed by atoms with Crippen LogP contribution in [0.4, 0.5) is 0 Å². The molecule has 2 rings (SSSR count). The van der Waals surface area contributed by atoms with Crippen LogP contribution in [0.1, 0.15) is 31.9 Å². The highest BCUT2D eigenvalue weighted by atomic mass is 16.5. The molecule has 1 amide bonds. The molecule has 1 aliphatic rings. The summed E-state index contributed by atoms with van der Waals surface area (Å²) in [6.45, 7) is 4.17. The van der Waals surface area contributed by atoms with Crippen LogP contribution in [0.25, 0.3) is 0 Å². The van der Waals surface area contributed by atoms with Gasteiger partial charge in [-0.05, 0) is 19.9 Å². The van der Waals surface area contributed by atoms with E-state index in [0.29, 0.717) is 13.0 Å². The molecule has 3 N–H and O–H groups in total. The predicted molar refractivity (Wildman–Crippen MR) is 65.7 cm³/mol. The Balaban J connectivity index is 2.00. The van der Waals surface area contributed by atoms with Crippen LogP contribution in [0.3, 0.4) is 0 Å². The van der Waals surface area contributed by atoms with Crippen LogP contribution in [0.5, 0.6) is 5.75 Å². The van der Waals surface area contributed by atoms with Crippen LogP contribution in [-0.4, -0.2) is 18.1 Å². The summed E-state index contributed by atoms with van der Waals surface area (Å²) in [5, 5.41) is 2.95. The van der Waals surface area contributed by atoms with Gasteiger partial charge in [-0.1, -0.05) is 18.2 Å². The van der Waals surface area contributed by atoms with Crippen LogP contribution < -0.4 is 15.8 Å². The molecule has 0 saturated carbocycles. The molecule has 0 aliphatic carbocycles. The monoisotopic (exact) mass is 234 g/mol. The lowest BCUT2D eigenvalue weighted by molar-refractivity contribution is -0.122. The van der Waals surface area contributed by atoms with Crippen LogP contribution in [0, 0.1) is 0 Å². The highest BCUT2D eigenvalue weighted by Crippen LogP contribution is 2.31. The summed E-state index contributed by atoms with van der Waals surface area (Å²) in [5.41, 5.74) is 6.37. The van der Waals surface area contributed by atoms with E-state index in [1.54, 1.807) is 0 Å². The lowest BCUT2D eigenvalue weighted by Crippen LogP contribution is -2.40. The fourth-order valence-electron chi connectivity index (χ4n) is 1.94. The zero-order valence-electron chi connectivity index (χ0n) is 10.2. The highest BCUT2D eigenvalue weighted by molar-refractivity contribution is 5.77. The third-order valence-electron chi connectivity index (χ3n) is 2.65. The van der Waals surface area contributed by atoms with Crippen molar-refractivity contribution in [2.45, 2.75) is 31.8 Å². The average molecular weight is 234 g/mol. The van der Waals surface area contributed by atoms with Crippen LogP contribution in [-0.2, 0) is 4.79 Å². The molecule has 1 aliphatic heterocycles. The maximum Gasteiger partial charge on any atom is 0.222 e. The molecule has 1 aromatic rings. The molecule has 1 atom stereocenters. The van der Waals surface area contributed by atoms with E-state index in [0.717, 1.165) is 11.3 Å². The standard InChI is InChI=1S/C13H18N2O2/c1-13(2,14)7-12(16)15-10-8-17-11-6-4-3-5-9(10)11/h3-6,10H,7-8,14H2,1-2H3,(H,15,16). The van der Waals surface area contributed by atoms with Crippen LogP contribution >= 0.6 is 0 Å². The van der Waals surface area contributed by atoms with Gasteiger partial charge in [-0.2, -0.15) is 0 Å². The van der Waals surface area contributed by atoms with Gasteiger partial charge in [0.15, 0.2) is 0 Å². The number of benzene rings is 1. The lowest BCUT2D eigenvalue weighted by Gasteiger charge is -2.19. The van der Waals surface area contributed by atoms with Gasteiger partial charge in [-0.25, -0.2) is 0 Å². The molecule has 0 saturated heterocycles. The number of carbonyl (C=O) groups excluding carboxylic acids is 1. The summed E-state index contributed by atoms with van der Waals surface area (Å²) >= 11 is 0. The van der Waals surface area contributed by atoms with Crippen molar-refractivity contribution in [2.75, 3.05) is 6.61 Å². The maximum atomic E-state index is 11.8. The molecule has 0 aromatic heterocycles. The van der Waals surface area contributed by atoms with E-state index >= 15 is 0 Å². The molecule has 0 radical (unpaired) electrons.